The van der Waals surface area contributed by atoms with Crippen LogP contribution >= 0.6 is 22.9 Å². The maximum atomic E-state index is 12.3. The van der Waals surface area contributed by atoms with Crippen LogP contribution in [0, 0.1) is 6.92 Å². The van der Waals surface area contributed by atoms with Crippen LogP contribution in [0.3, 0.4) is 0 Å². The number of hydrogen-bond donors (Lipinski definition) is 1. The Kier molecular flexibility index (Phi) is 4.03. The van der Waals surface area contributed by atoms with Crippen LogP contribution in [0.1, 0.15) is 15.2 Å². The molecule has 0 spiro atoms. The Labute approximate surface area is 153 Å². The summed E-state index contributed by atoms with van der Waals surface area (Å²) in [4.78, 5) is 17.5. The molecule has 4 rings (SSSR count). The molecule has 124 valence electrons. The molecule has 0 saturated heterocycles. The van der Waals surface area contributed by atoms with Gasteiger partial charge in [0.1, 0.15) is 5.65 Å². The van der Waals surface area contributed by atoms with E-state index in [0.29, 0.717) is 9.21 Å². The quantitative estimate of drug-likeness (QED) is 0.535. The van der Waals surface area contributed by atoms with Crippen molar-refractivity contribution in [3.05, 3.63) is 75.7 Å². The predicted molar refractivity (Wildman–Crippen MR) is 103 cm³/mol. The molecule has 0 unspecified atom stereocenters. The fourth-order valence-corrected chi connectivity index (χ4v) is 3.55. The Morgan fingerprint density at radius 3 is 2.88 bits per heavy atom. The van der Waals surface area contributed by atoms with Crippen LogP contribution in [-0.2, 0) is 0 Å². The topological polar surface area (TPSA) is 46.4 Å². The number of benzene rings is 1. The van der Waals surface area contributed by atoms with Gasteiger partial charge in [-0.2, -0.15) is 0 Å². The molecular weight excluding hydrogens is 354 g/mol. The molecule has 0 aliphatic carbocycles. The number of nitrogens with zero attached hydrogens (tertiary/aromatic N) is 2. The molecular formula is C19H14ClN3OS. The van der Waals surface area contributed by atoms with E-state index in [1.807, 2.05) is 60.1 Å². The van der Waals surface area contributed by atoms with Crippen molar-refractivity contribution in [2.45, 2.75) is 6.92 Å². The van der Waals surface area contributed by atoms with Gasteiger partial charge in [-0.3, -0.25) is 4.79 Å². The average molecular weight is 368 g/mol. The zero-order valence-electron chi connectivity index (χ0n) is 13.4. The number of rotatable bonds is 3. The Morgan fingerprint density at radius 1 is 1.20 bits per heavy atom. The van der Waals surface area contributed by atoms with Crippen LogP contribution in [0.5, 0.6) is 0 Å². The monoisotopic (exact) mass is 367 g/mol. The van der Waals surface area contributed by atoms with E-state index in [9.17, 15) is 4.79 Å². The van der Waals surface area contributed by atoms with Crippen molar-refractivity contribution in [3.63, 3.8) is 0 Å². The number of fused-ring (bicyclic) bond motifs is 1. The van der Waals surface area contributed by atoms with Crippen molar-refractivity contribution >= 4 is 40.2 Å². The van der Waals surface area contributed by atoms with Crippen molar-refractivity contribution in [3.8, 4) is 11.3 Å². The largest absolute Gasteiger partial charge is 0.321 e. The first-order valence-electron chi connectivity index (χ1n) is 7.71. The van der Waals surface area contributed by atoms with Crippen molar-refractivity contribution in [1.29, 1.82) is 0 Å². The summed E-state index contributed by atoms with van der Waals surface area (Å²) in [6, 6.07) is 15.2. The predicted octanol–water partition coefficient (Wildman–Crippen LogP) is 5.28. The Morgan fingerprint density at radius 2 is 2.08 bits per heavy atom. The van der Waals surface area contributed by atoms with Crippen molar-refractivity contribution in [1.82, 2.24) is 9.38 Å². The van der Waals surface area contributed by atoms with Gasteiger partial charge in [0.05, 0.1) is 14.9 Å². The fourth-order valence-electron chi connectivity index (χ4n) is 2.61. The van der Waals surface area contributed by atoms with Gasteiger partial charge in [-0.1, -0.05) is 23.7 Å². The minimum Gasteiger partial charge on any atom is -0.321 e. The normalized spacial score (nSPS) is 11.0. The number of imidazole rings is 1. The second kappa shape index (κ2) is 6.35. The van der Waals surface area contributed by atoms with Gasteiger partial charge in [-0.15, -0.1) is 11.3 Å². The van der Waals surface area contributed by atoms with E-state index in [1.54, 1.807) is 12.1 Å². The highest BCUT2D eigenvalue weighted by Crippen LogP contribution is 2.25. The maximum Gasteiger partial charge on any atom is 0.265 e. The zero-order chi connectivity index (χ0) is 17.4. The lowest BCUT2D eigenvalue weighted by Crippen LogP contribution is -2.09. The molecule has 1 N–H and O–H groups in total. The number of halogens is 1. The smallest absolute Gasteiger partial charge is 0.265 e. The molecule has 3 aromatic heterocycles. The summed E-state index contributed by atoms with van der Waals surface area (Å²) in [6.07, 6.45) is 3.97. The van der Waals surface area contributed by atoms with Crippen molar-refractivity contribution < 1.29 is 4.79 Å². The van der Waals surface area contributed by atoms with Crippen molar-refractivity contribution in [2.24, 2.45) is 0 Å². The Hall–Kier alpha value is -2.63. The van der Waals surface area contributed by atoms with E-state index in [0.717, 1.165) is 22.6 Å². The summed E-state index contributed by atoms with van der Waals surface area (Å²) in [7, 11) is 0. The van der Waals surface area contributed by atoms with Gasteiger partial charge < -0.3 is 9.72 Å². The molecule has 0 saturated carbocycles. The third-order valence-electron chi connectivity index (χ3n) is 3.83. The van der Waals surface area contributed by atoms with Gasteiger partial charge in [0.15, 0.2) is 0 Å². The minimum absolute atomic E-state index is 0.167. The molecule has 1 amide bonds. The molecule has 0 bridgehead atoms. The maximum absolute atomic E-state index is 12.3. The first-order chi connectivity index (χ1) is 12.1. The molecule has 6 heteroatoms. The number of carbonyl (C=O) groups excluding carboxylic acids is 1. The van der Waals surface area contributed by atoms with E-state index in [4.69, 9.17) is 11.6 Å². The Bertz CT molecular complexity index is 1080. The van der Waals surface area contributed by atoms with Crippen LogP contribution in [0.2, 0.25) is 4.34 Å². The number of carbonyl (C=O) groups is 1. The van der Waals surface area contributed by atoms with Gasteiger partial charge >= 0.3 is 0 Å². The standard InChI is InChI=1S/C19H14ClN3OS/c1-12-7-8-23-11-15(22-18(23)9-12)13-3-2-4-14(10-13)21-19(24)16-5-6-17(20)25-16/h2-11H,1H3,(H,21,24). The summed E-state index contributed by atoms with van der Waals surface area (Å²) in [5, 5.41) is 2.90. The van der Waals surface area contributed by atoms with Crippen LogP contribution in [0.25, 0.3) is 16.9 Å². The molecule has 1 aromatic carbocycles. The number of nitrogens with one attached hydrogen (secondary N) is 1. The van der Waals surface area contributed by atoms with E-state index in [-0.39, 0.29) is 5.91 Å². The van der Waals surface area contributed by atoms with Gasteiger partial charge in [0.2, 0.25) is 0 Å². The minimum atomic E-state index is -0.167. The SMILES string of the molecule is Cc1ccn2cc(-c3cccc(NC(=O)c4ccc(Cl)s4)c3)nc2c1. The second-order valence-electron chi connectivity index (χ2n) is 5.73. The van der Waals surface area contributed by atoms with Gasteiger partial charge in [0.25, 0.3) is 5.91 Å². The number of amides is 1. The number of thiophene rings is 1. The van der Waals surface area contributed by atoms with Crippen molar-refractivity contribution in [2.75, 3.05) is 5.32 Å². The lowest BCUT2D eigenvalue weighted by Gasteiger charge is -2.05. The first-order valence-corrected chi connectivity index (χ1v) is 8.90. The molecule has 3 heterocycles. The highest BCUT2D eigenvalue weighted by molar-refractivity contribution is 7.18. The molecule has 25 heavy (non-hydrogen) atoms. The number of pyridine rings is 1. The lowest BCUT2D eigenvalue weighted by molar-refractivity contribution is 0.103. The lowest BCUT2D eigenvalue weighted by atomic mass is 10.1. The first kappa shape index (κ1) is 15.9. The zero-order valence-corrected chi connectivity index (χ0v) is 14.9. The Balaban J connectivity index is 1.63. The summed E-state index contributed by atoms with van der Waals surface area (Å²) in [5.41, 5.74) is 4.60. The molecule has 4 aromatic rings. The summed E-state index contributed by atoms with van der Waals surface area (Å²) < 4.78 is 2.58. The fraction of sp³-hybridized carbons (Fsp3) is 0.0526. The second-order valence-corrected chi connectivity index (χ2v) is 7.45. The highest BCUT2D eigenvalue weighted by Gasteiger charge is 2.10. The highest BCUT2D eigenvalue weighted by atomic mass is 35.5. The van der Waals surface area contributed by atoms with E-state index in [2.05, 4.69) is 10.3 Å². The molecule has 0 radical (unpaired) electrons. The molecule has 0 atom stereocenters. The van der Waals surface area contributed by atoms with E-state index < -0.39 is 0 Å². The summed E-state index contributed by atoms with van der Waals surface area (Å²) in [5.74, 6) is -0.167. The molecule has 0 aliphatic rings. The van der Waals surface area contributed by atoms with Gasteiger partial charge in [-0.05, 0) is 48.9 Å². The summed E-state index contributed by atoms with van der Waals surface area (Å²) in [6.45, 7) is 2.04. The molecule has 0 aliphatic heterocycles. The van der Waals surface area contributed by atoms with Crippen LogP contribution < -0.4 is 5.32 Å². The third kappa shape index (κ3) is 3.29. The van der Waals surface area contributed by atoms with E-state index in [1.165, 1.54) is 16.9 Å². The van der Waals surface area contributed by atoms with Crippen LogP contribution in [-0.4, -0.2) is 15.3 Å². The van der Waals surface area contributed by atoms with Crippen LogP contribution in [0.4, 0.5) is 5.69 Å². The van der Waals surface area contributed by atoms with Gasteiger partial charge in [0, 0.05) is 23.6 Å². The number of hydrogen-bond acceptors (Lipinski definition) is 3. The number of aromatic nitrogens is 2. The molecule has 0 fully saturated rings. The number of aryl methyl sites for hydroxylation is 1. The van der Waals surface area contributed by atoms with E-state index >= 15 is 0 Å². The third-order valence-corrected chi connectivity index (χ3v) is 5.06. The average Bonchev–Trinajstić information content (AvgIpc) is 3.21. The molecule has 4 nitrogen and oxygen atoms in total. The number of anilines is 1. The summed E-state index contributed by atoms with van der Waals surface area (Å²) >= 11 is 7.15. The van der Waals surface area contributed by atoms with Gasteiger partial charge in [-0.25, -0.2) is 4.98 Å². The van der Waals surface area contributed by atoms with Crippen LogP contribution in [0.15, 0.2) is 60.9 Å².